The van der Waals surface area contributed by atoms with Gasteiger partial charge >= 0.3 is 0 Å². The van der Waals surface area contributed by atoms with E-state index >= 15 is 0 Å². The Kier molecular flexibility index (Phi) is 7.27. The number of aromatic nitrogens is 1. The van der Waals surface area contributed by atoms with Gasteiger partial charge in [0.05, 0.1) is 12.1 Å². The van der Waals surface area contributed by atoms with Gasteiger partial charge < -0.3 is 5.32 Å². The number of nitrogens with one attached hydrogen (secondary N) is 1. The number of carbonyl (C=O) groups is 2. The summed E-state index contributed by atoms with van der Waals surface area (Å²) < 4.78 is 13.7. The summed E-state index contributed by atoms with van der Waals surface area (Å²) in [6.07, 6.45) is 6.96. The Labute approximate surface area is 191 Å². The fourth-order valence-corrected chi connectivity index (χ4v) is 4.83. The van der Waals surface area contributed by atoms with Gasteiger partial charge in [-0.3, -0.25) is 19.5 Å². The molecule has 0 bridgehead atoms. The molecule has 2 aromatic heterocycles. The highest BCUT2D eigenvalue weighted by molar-refractivity contribution is 7.10. The number of hydrogen-bond donors (Lipinski definition) is 1. The largest absolute Gasteiger partial charge is 0.351 e. The SMILES string of the molecule is O=C(NC1CCCCC1)[C@H](c1ccccn1)N(C(=O)Cc1cccs1)c1ccc(F)cc1. The van der Waals surface area contributed by atoms with Crippen molar-refractivity contribution in [3.63, 3.8) is 0 Å². The molecule has 1 fully saturated rings. The number of halogens is 1. The van der Waals surface area contributed by atoms with Gasteiger partial charge in [0.15, 0.2) is 6.04 Å². The summed E-state index contributed by atoms with van der Waals surface area (Å²) in [4.78, 5) is 33.9. The third-order valence-electron chi connectivity index (χ3n) is 5.71. The van der Waals surface area contributed by atoms with E-state index in [-0.39, 0.29) is 24.3 Å². The molecule has 1 atom stereocenters. The average Bonchev–Trinajstić information content (AvgIpc) is 3.32. The zero-order chi connectivity index (χ0) is 22.3. The Hall–Kier alpha value is -3.06. The van der Waals surface area contributed by atoms with Gasteiger partial charge in [0.25, 0.3) is 0 Å². The van der Waals surface area contributed by atoms with Crippen LogP contribution in [0.4, 0.5) is 10.1 Å². The van der Waals surface area contributed by atoms with Gasteiger partial charge in [-0.2, -0.15) is 0 Å². The molecule has 1 N–H and O–H groups in total. The van der Waals surface area contributed by atoms with Crippen LogP contribution in [0, 0.1) is 5.82 Å². The summed E-state index contributed by atoms with van der Waals surface area (Å²) in [6, 6.07) is 13.9. The minimum atomic E-state index is -0.948. The highest BCUT2D eigenvalue weighted by Gasteiger charge is 2.35. The lowest BCUT2D eigenvalue weighted by molar-refractivity contribution is -0.127. The predicted molar refractivity (Wildman–Crippen MR) is 124 cm³/mol. The first-order valence-corrected chi connectivity index (χ1v) is 11.8. The zero-order valence-electron chi connectivity index (χ0n) is 17.7. The molecule has 4 rings (SSSR count). The van der Waals surface area contributed by atoms with Gasteiger partial charge in [0.1, 0.15) is 5.82 Å². The van der Waals surface area contributed by atoms with E-state index in [2.05, 4.69) is 10.3 Å². The molecule has 0 radical (unpaired) electrons. The number of nitrogens with zero attached hydrogens (tertiary/aromatic N) is 2. The molecule has 0 spiro atoms. The Balaban J connectivity index is 1.71. The van der Waals surface area contributed by atoms with Crippen LogP contribution in [0.3, 0.4) is 0 Å². The van der Waals surface area contributed by atoms with E-state index in [1.54, 1.807) is 24.4 Å². The molecule has 2 heterocycles. The molecular weight excluding hydrogens is 425 g/mol. The number of rotatable bonds is 7. The minimum Gasteiger partial charge on any atom is -0.351 e. The quantitative estimate of drug-likeness (QED) is 0.547. The first-order valence-electron chi connectivity index (χ1n) is 10.9. The Morgan fingerprint density at radius 2 is 1.84 bits per heavy atom. The lowest BCUT2D eigenvalue weighted by Crippen LogP contribution is -2.48. The molecule has 7 heteroatoms. The second-order valence-corrected chi connectivity index (χ2v) is 9.03. The van der Waals surface area contributed by atoms with Crippen LogP contribution in [-0.2, 0) is 16.0 Å². The van der Waals surface area contributed by atoms with E-state index in [4.69, 9.17) is 0 Å². The number of hydrogen-bond acceptors (Lipinski definition) is 4. The third kappa shape index (κ3) is 5.40. The second kappa shape index (κ2) is 10.5. The van der Waals surface area contributed by atoms with E-state index in [0.29, 0.717) is 11.4 Å². The summed E-state index contributed by atoms with van der Waals surface area (Å²) in [5.74, 6) is -0.909. The highest BCUT2D eigenvalue weighted by Crippen LogP contribution is 2.29. The Bertz CT molecular complexity index is 1020. The molecule has 0 aliphatic heterocycles. The van der Waals surface area contributed by atoms with Gasteiger partial charge in [0, 0.05) is 22.8 Å². The van der Waals surface area contributed by atoms with Gasteiger partial charge in [-0.05, 0) is 60.7 Å². The van der Waals surface area contributed by atoms with Crippen molar-refractivity contribution in [3.05, 3.63) is 82.6 Å². The van der Waals surface area contributed by atoms with Crippen molar-refractivity contribution >= 4 is 28.8 Å². The Morgan fingerprint density at radius 1 is 1.06 bits per heavy atom. The number of amides is 2. The van der Waals surface area contributed by atoms with Crippen LogP contribution in [0.1, 0.15) is 48.7 Å². The fourth-order valence-electron chi connectivity index (χ4n) is 4.13. The molecule has 32 heavy (non-hydrogen) atoms. The van der Waals surface area contributed by atoms with Crippen LogP contribution < -0.4 is 10.2 Å². The standard InChI is InChI=1S/C25H26FN3O2S/c26-18-11-13-20(14-12-18)29(23(30)17-21-9-6-16-32-21)24(22-10-4-5-15-27-22)25(31)28-19-7-2-1-3-8-19/h4-6,9-16,19,24H,1-3,7-8,17H2,(H,28,31)/t24-/m0/s1. The maximum Gasteiger partial charge on any atom is 0.249 e. The number of carbonyl (C=O) groups excluding carboxylic acids is 2. The van der Waals surface area contributed by atoms with E-state index < -0.39 is 11.9 Å². The molecule has 3 aromatic rings. The van der Waals surface area contributed by atoms with Crippen molar-refractivity contribution in [1.82, 2.24) is 10.3 Å². The lowest BCUT2D eigenvalue weighted by atomic mass is 9.95. The topological polar surface area (TPSA) is 62.3 Å². The Morgan fingerprint density at radius 3 is 2.50 bits per heavy atom. The van der Waals surface area contributed by atoms with Crippen LogP contribution in [0.15, 0.2) is 66.2 Å². The van der Waals surface area contributed by atoms with Crippen molar-refractivity contribution in [1.29, 1.82) is 0 Å². The fraction of sp³-hybridized carbons (Fsp3) is 0.320. The van der Waals surface area contributed by atoms with E-state index in [1.165, 1.54) is 46.9 Å². The van der Waals surface area contributed by atoms with Crippen molar-refractivity contribution in [2.75, 3.05) is 4.90 Å². The van der Waals surface area contributed by atoms with Gasteiger partial charge in [-0.25, -0.2) is 4.39 Å². The summed E-state index contributed by atoms with van der Waals surface area (Å²) in [5, 5.41) is 5.06. The number of pyridine rings is 1. The maximum absolute atomic E-state index is 13.7. The van der Waals surface area contributed by atoms with E-state index in [0.717, 1.165) is 30.6 Å². The summed E-state index contributed by atoms with van der Waals surface area (Å²) in [7, 11) is 0. The number of benzene rings is 1. The molecule has 0 unspecified atom stereocenters. The maximum atomic E-state index is 13.7. The van der Waals surface area contributed by atoms with Gasteiger partial charge in [0.2, 0.25) is 11.8 Å². The number of anilines is 1. The second-order valence-electron chi connectivity index (χ2n) is 8.00. The van der Waals surface area contributed by atoms with Gasteiger partial charge in [-0.1, -0.05) is 31.4 Å². The lowest BCUT2D eigenvalue weighted by Gasteiger charge is -2.33. The zero-order valence-corrected chi connectivity index (χ0v) is 18.6. The van der Waals surface area contributed by atoms with Crippen molar-refractivity contribution in [2.24, 2.45) is 0 Å². The van der Waals surface area contributed by atoms with Crippen molar-refractivity contribution in [3.8, 4) is 0 Å². The summed E-state index contributed by atoms with van der Waals surface area (Å²) in [6.45, 7) is 0. The van der Waals surface area contributed by atoms with Crippen LogP contribution in [0.5, 0.6) is 0 Å². The molecule has 5 nitrogen and oxygen atoms in total. The predicted octanol–water partition coefficient (Wildman–Crippen LogP) is 5.05. The van der Waals surface area contributed by atoms with Crippen LogP contribution in [-0.4, -0.2) is 22.8 Å². The molecule has 1 aliphatic rings. The van der Waals surface area contributed by atoms with Crippen LogP contribution in [0.25, 0.3) is 0 Å². The molecule has 1 saturated carbocycles. The molecule has 0 saturated heterocycles. The average molecular weight is 452 g/mol. The monoisotopic (exact) mass is 451 g/mol. The smallest absolute Gasteiger partial charge is 0.249 e. The first kappa shape index (κ1) is 22.1. The van der Waals surface area contributed by atoms with Crippen LogP contribution in [0.2, 0.25) is 0 Å². The molecule has 1 aromatic carbocycles. The molecular formula is C25H26FN3O2S. The van der Waals surface area contributed by atoms with Crippen molar-refractivity contribution in [2.45, 2.75) is 50.6 Å². The number of thiophene rings is 1. The van der Waals surface area contributed by atoms with Crippen molar-refractivity contribution < 1.29 is 14.0 Å². The third-order valence-corrected chi connectivity index (χ3v) is 6.58. The molecule has 1 aliphatic carbocycles. The highest BCUT2D eigenvalue weighted by atomic mass is 32.1. The van der Waals surface area contributed by atoms with Crippen LogP contribution >= 0.6 is 11.3 Å². The molecule has 2 amide bonds. The van der Waals surface area contributed by atoms with E-state index in [9.17, 15) is 14.0 Å². The molecule has 166 valence electrons. The van der Waals surface area contributed by atoms with E-state index in [1.807, 2.05) is 17.5 Å². The first-order chi connectivity index (χ1) is 15.6. The summed E-state index contributed by atoms with van der Waals surface area (Å²) >= 11 is 1.49. The normalized spacial score (nSPS) is 15.2. The minimum absolute atomic E-state index is 0.0879. The van der Waals surface area contributed by atoms with Gasteiger partial charge in [-0.15, -0.1) is 11.3 Å². The summed E-state index contributed by atoms with van der Waals surface area (Å²) in [5.41, 5.74) is 0.937.